The molecule has 0 aromatic rings. The SMILES string of the molecule is [CH2-]CC/C=C/C(=O)OC.[I-].[Zn+2]. The van der Waals surface area contributed by atoms with E-state index in [1.54, 1.807) is 6.08 Å². The van der Waals surface area contributed by atoms with Crippen LogP contribution >= 0.6 is 0 Å². The van der Waals surface area contributed by atoms with Crippen molar-refractivity contribution in [2.45, 2.75) is 12.8 Å². The fourth-order valence-corrected chi connectivity index (χ4v) is 0.365. The van der Waals surface area contributed by atoms with Gasteiger partial charge < -0.3 is 35.6 Å². The van der Waals surface area contributed by atoms with Gasteiger partial charge in [-0.15, -0.1) is 0 Å². The van der Waals surface area contributed by atoms with Crippen LogP contribution < -0.4 is 24.0 Å². The van der Waals surface area contributed by atoms with Crippen LogP contribution in [-0.4, -0.2) is 13.1 Å². The molecule has 0 spiro atoms. The molecule has 0 amide bonds. The first-order valence-electron chi connectivity index (χ1n) is 2.85. The van der Waals surface area contributed by atoms with Crippen molar-refractivity contribution in [3.63, 3.8) is 0 Å². The Morgan fingerprint density at radius 2 is 2.18 bits per heavy atom. The zero-order valence-electron chi connectivity index (χ0n) is 6.68. The number of halogens is 1. The third kappa shape index (κ3) is 13.5. The Hall–Kier alpha value is 0.563. The molecule has 0 rings (SSSR count). The first kappa shape index (κ1) is 17.6. The summed E-state index contributed by atoms with van der Waals surface area (Å²) in [7, 11) is 1.36. The number of esters is 1. The average Bonchev–Trinajstić information content (AvgIpc) is 1.89. The Kier molecular flexibility index (Phi) is 21.1. The monoisotopic (exact) mass is 318 g/mol. The standard InChI is InChI=1S/C7H11O2.HI.Zn/c1-3-4-5-6-7(8)9-2;;/h5-6H,1,3-4H2,2H3;1H;/q-1;;+2/p-1/b6-5+;;. The van der Waals surface area contributed by atoms with E-state index in [-0.39, 0.29) is 49.4 Å². The topological polar surface area (TPSA) is 26.3 Å². The molecule has 0 radical (unpaired) electrons. The molecule has 0 bridgehead atoms. The van der Waals surface area contributed by atoms with Crippen LogP contribution in [0.1, 0.15) is 12.8 Å². The molecular formula is C7H11IO2Zn. The van der Waals surface area contributed by atoms with Crippen molar-refractivity contribution in [1.82, 2.24) is 0 Å². The van der Waals surface area contributed by atoms with Crippen molar-refractivity contribution in [2.75, 3.05) is 7.11 Å². The number of carbonyl (C=O) groups excluding carboxylic acids is 1. The molecule has 11 heavy (non-hydrogen) atoms. The van der Waals surface area contributed by atoms with E-state index in [1.807, 2.05) is 0 Å². The van der Waals surface area contributed by atoms with Crippen LogP contribution in [0.2, 0.25) is 0 Å². The van der Waals surface area contributed by atoms with Crippen molar-refractivity contribution in [2.24, 2.45) is 0 Å². The number of allylic oxidation sites excluding steroid dienone is 1. The molecule has 0 fully saturated rings. The molecule has 0 aromatic heterocycles. The molecule has 4 heteroatoms. The van der Waals surface area contributed by atoms with Crippen molar-refractivity contribution < 1.29 is 53.0 Å². The summed E-state index contributed by atoms with van der Waals surface area (Å²) < 4.78 is 4.35. The summed E-state index contributed by atoms with van der Waals surface area (Å²) in [4.78, 5) is 10.4. The maximum atomic E-state index is 10.4. The van der Waals surface area contributed by atoms with E-state index in [1.165, 1.54) is 13.2 Å². The van der Waals surface area contributed by atoms with E-state index >= 15 is 0 Å². The van der Waals surface area contributed by atoms with Crippen molar-refractivity contribution in [1.29, 1.82) is 0 Å². The zero-order chi connectivity index (χ0) is 7.11. The fraction of sp³-hybridized carbons (Fsp3) is 0.429. The summed E-state index contributed by atoms with van der Waals surface area (Å²) in [6.45, 7) is 3.60. The van der Waals surface area contributed by atoms with Crippen LogP contribution in [0.4, 0.5) is 0 Å². The molecule has 0 saturated heterocycles. The number of hydrogen-bond acceptors (Lipinski definition) is 2. The van der Waals surface area contributed by atoms with Crippen molar-refractivity contribution in [3.8, 4) is 0 Å². The maximum Gasteiger partial charge on any atom is 2.00 e. The van der Waals surface area contributed by atoms with E-state index in [9.17, 15) is 4.79 Å². The van der Waals surface area contributed by atoms with Gasteiger partial charge >= 0.3 is 25.4 Å². The van der Waals surface area contributed by atoms with Gasteiger partial charge in [-0.05, 0) is 0 Å². The number of carbonyl (C=O) groups is 1. The molecule has 0 saturated carbocycles. The second-order valence-electron chi connectivity index (χ2n) is 1.57. The molecule has 0 atom stereocenters. The van der Waals surface area contributed by atoms with Gasteiger partial charge in [0.05, 0.1) is 7.11 Å². The second kappa shape index (κ2) is 13.2. The Morgan fingerprint density at radius 1 is 1.64 bits per heavy atom. The molecule has 0 aliphatic rings. The summed E-state index contributed by atoms with van der Waals surface area (Å²) in [5, 5.41) is 0. The molecule has 0 aliphatic heterocycles. The van der Waals surface area contributed by atoms with Gasteiger partial charge in [0.15, 0.2) is 0 Å². The quantitative estimate of drug-likeness (QED) is 0.204. The van der Waals surface area contributed by atoms with Gasteiger partial charge in [-0.1, -0.05) is 12.5 Å². The Morgan fingerprint density at radius 3 is 2.55 bits per heavy atom. The molecule has 0 unspecified atom stereocenters. The van der Waals surface area contributed by atoms with Gasteiger partial charge in [-0.3, -0.25) is 0 Å². The minimum Gasteiger partial charge on any atom is -1.00 e. The van der Waals surface area contributed by atoms with Gasteiger partial charge in [-0.2, -0.15) is 6.42 Å². The van der Waals surface area contributed by atoms with Gasteiger partial charge in [-0.25, -0.2) is 4.79 Å². The van der Waals surface area contributed by atoms with Crippen molar-refractivity contribution in [3.05, 3.63) is 19.1 Å². The summed E-state index contributed by atoms with van der Waals surface area (Å²) in [6.07, 6.45) is 4.80. The van der Waals surface area contributed by atoms with Crippen LogP contribution in [0.15, 0.2) is 12.2 Å². The molecule has 0 aromatic carbocycles. The number of hydrogen-bond donors (Lipinski definition) is 0. The number of methoxy groups -OCH3 is 1. The van der Waals surface area contributed by atoms with Gasteiger partial charge in [0.2, 0.25) is 0 Å². The second-order valence-corrected chi connectivity index (χ2v) is 1.57. The molecular weight excluding hydrogens is 308 g/mol. The van der Waals surface area contributed by atoms with E-state index in [0.29, 0.717) is 0 Å². The van der Waals surface area contributed by atoms with Crippen LogP contribution in [0.5, 0.6) is 0 Å². The predicted octanol–water partition coefficient (Wildman–Crippen LogP) is -1.67. The summed E-state index contributed by atoms with van der Waals surface area (Å²) >= 11 is 0. The summed E-state index contributed by atoms with van der Waals surface area (Å²) in [5.74, 6) is -0.302. The average molecular weight is 319 g/mol. The Labute approximate surface area is 97.5 Å². The van der Waals surface area contributed by atoms with Crippen LogP contribution in [0.3, 0.4) is 0 Å². The van der Waals surface area contributed by atoms with E-state index in [0.717, 1.165) is 12.8 Å². The smallest absolute Gasteiger partial charge is 1.00 e. The van der Waals surface area contributed by atoms with Crippen molar-refractivity contribution >= 4 is 5.97 Å². The third-order valence-corrected chi connectivity index (χ3v) is 0.826. The van der Waals surface area contributed by atoms with E-state index in [4.69, 9.17) is 0 Å². The minimum atomic E-state index is -0.302. The van der Waals surface area contributed by atoms with Crippen LogP contribution in [-0.2, 0) is 29.0 Å². The molecule has 0 N–H and O–H groups in total. The van der Waals surface area contributed by atoms with Gasteiger partial charge in [0.25, 0.3) is 0 Å². The minimum absolute atomic E-state index is 0. The number of rotatable bonds is 3. The third-order valence-electron chi connectivity index (χ3n) is 0.826. The maximum absolute atomic E-state index is 10.4. The molecule has 0 heterocycles. The molecule has 2 nitrogen and oxygen atoms in total. The van der Waals surface area contributed by atoms with Crippen LogP contribution in [0, 0.1) is 6.92 Å². The largest absolute Gasteiger partial charge is 2.00 e. The normalized spacial score (nSPS) is 8.18. The van der Waals surface area contributed by atoms with Gasteiger partial charge in [0.1, 0.15) is 0 Å². The summed E-state index contributed by atoms with van der Waals surface area (Å²) in [6, 6.07) is 0. The Bertz CT molecular complexity index is 115. The first-order chi connectivity index (χ1) is 4.31. The van der Waals surface area contributed by atoms with E-state index < -0.39 is 0 Å². The zero-order valence-corrected chi connectivity index (χ0v) is 11.8. The predicted molar refractivity (Wildman–Crippen MR) is 35.7 cm³/mol. The van der Waals surface area contributed by atoms with Crippen LogP contribution in [0.25, 0.3) is 0 Å². The number of unbranched alkanes of at least 4 members (excludes halogenated alkanes) is 1. The molecule has 60 valence electrons. The summed E-state index contributed by atoms with van der Waals surface area (Å²) in [5.41, 5.74) is 0. The molecule has 0 aliphatic carbocycles. The Balaban J connectivity index is -0.000000320. The number of ether oxygens (including phenoxy) is 1. The first-order valence-corrected chi connectivity index (χ1v) is 2.85. The fourth-order valence-electron chi connectivity index (χ4n) is 0.365. The van der Waals surface area contributed by atoms with E-state index in [2.05, 4.69) is 11.7 Å². The van der Waals surface area contributed by atoms with Gasteiger partial charge in [0, 0.05) is 6.08 Å².